The standard InChI is InChI=1S/C26H27ClN2O4/c1-15(2)9-13-21(30)23(26(32)33)24-19-7-5-6-8-20(19)25(31)29(24)22-14-12-18(17(4)28-22)11-10-16(3)27/h5-8,10-12,14-15,23-24H,3,9,13H2,1-2,4H3,(H,32,33)/b11-10-. The Morgan fingerprint density at radius 1 is 1.24 bits per heavy atom. The topological polar surface area (TPSA) is 87.6 Å². The molecule has 2 heterocycles. The van der Waals surface area contributed by atoms with Crippen LogP contribution in [0.25, 0.3) is 6.08 Å². The Balaban J connectivity index is 2.08. The number of allylic oxidation sites excluding steroid dienone is 2. The molecule has 172 valence electrons. The fraction of sp³-hybridized carbons (Fsp3) is 0.308. The van der Waals surface area contributed by atoms with Crippen LogP contribution in [0.3, 0.4) is 0 Å². The van der Waals surface area contributed by atoms with Crippen LogP contribution in [0.1, 0.15) is 59.9 Å². The van der Waals surface area contributed by atoms with E-state index in [2.05, 4.69) is 11.6 Å². The second-order valence-electron chi connectivity index (χ2n) is 8.55. The van der Waals surface area contributed by atoms with Crippen molar-refractivity contribution in [3.8, 4) is 0 Å². The number of benzene rings is 1. The Morgan fingerprint density at radius 3 is 2.55 bits per heavy atom. The van der Waals surface area contributed by atoms with Crippen molar-refractivity contribution in [1.29, 1.82) is 0 Å². The lowest BCUT2D eigenvalue weighted by molar-refractivity contribution is -0.147. The number of anilines is 1. The van der Waals surface area contributed by atoms with Gasteiger partial charge in [0.05, 0.1) is 6.04 Å². The van der Waals surface area contributed by atoms with Crippen LogP contribution in [-0.2, 0) is 9.59 Å². The summed E-state index contributed by atoms with van der Waals surface area (Å²) in [6, 6.07) is 9.28. The van der Waals surface area contributed by atoms with E-state index in [0.717, 1.165) is 5.56 Å². The van der Waals surface area contributed by atoms with Gasteiger partial charge in [0.1, 0.15) is 17.5 Å². The van der Waals surface area contributed by atoms with E-state index >= 15 is 0 Å². The molecule has 0 saturated heterocycles. The molecule has 0 radical (unpaired) electrons. The van der Waals surface area contributed by atoms with E-state index in [1.165, 1.54) is 4.90 Å². The zero-order chi connectivity index (χ0) is 24.3. The van der Waals surface area contributed by atoms with Crippen molar-refractivity contribution < 1.29 is 19.5 Å². The lowest BCUT2D eigenvalue weighted by atomic mass is 9.86. The van der Waals surface area contributed by atoms with Crippen LogP contribution in [-0.4, -0.2) is 27.8 Å². The maximum absolute atomic E-state index is 13.4. The predicted octanol–water partition coefficient (Wildman–Crippen LogP) is 5.56. The van der Waals surface area contributed by atoms with Gasteiger partial charge >= 0.3 is 5.97 Å². The average Bonchev–Trinajstić information content (AvgIpc) is 3.03. The minimum absolute atomic E-state index is 0.133. The highest BCUT2D eigenvalue weighted by Crippen LogP contribution is 2.42. The molecule has 1 aromatic carbocycles. The third-order valence-corrected chi connectivity index (χ3v) is 5.83. The number of Topliss-reactive ketones (excluding diaryl/α,β-unsaturated/α-hetero) is 1. The first-order valence-corrected chi connectivity index (χ1v) is 11.2. The summed E-state index contributed by atoms with van der Waals surface area (Å²) in [5.41, 5.74) is 2.31. The molecule has 0 spiro atoms. The number of hydrogen-bond donors (Lipinski definition) is 1. The third-order valence-electron chi connectivity index (χ3n) is 5.71. The molecular formula is C26H27ClN2O4. The fourth-order valence-electron chi connectivity index (χ4n) is 4.00. The number of nitrogens with zero attached hydrogens (tertiary/aromatic N) is 2. The van der Waals surface area contributed by atoms with E-state index in [0.29, 0.717) is 34.1 Å². The van der Waals surface area contributed by atoms with Crippen molar-refractivity contribution in [1.82, 2.24) is 4.98 Å². The van der Waals surface area contributed by atoms with Gasteiger partial charge in [-0.05, 0) is 54.7 Å². The molecule has 0 aliphatic carbocycles. The number of amides is 1. The minimum Gasteiger partial charge on any atom is -0.481 e. The SMILES string of the molecule is C=C(Cl)/C=C\c1ccc(N2C(=O)c3ccccc3C2C(C(=O)O)C(=O)CCC(C)C)nc1C. The molecule has 0 bridgehead atoms. The smallest absolute Gasteiger partial charge is 0.316 e. The van der Waals surface area contributed by atoms with Gasteiger partial charge in [0.2, 0.25) is 0 Å². The van der Waals surface area contributed by atoms with E-state index in [4.69, 9.17) is 11.6 Å². The average molecular weight is 467 g/mol. The number of carbonyl (C=O) groups excluding carboxylic acids is 2. The molecule has 1 N–H and O–H groups in total. The Hall–Kier alpha value is -3.25. The van der Waals surface area contributed by atoms with Gasteiger partial charge in [0, 0.05) is 22.7 Å². The summed E-state index contributed by atoms with van der Waals surface area (Å²) < 4.78 is 0. The highest BCUT2D eigenvalue weighted by atomic mass is 35.5. The molecule has 1 aliphatic rings. The number of rotatable bonds is 9. The van der Waals surface area contributed by atoms with Crippen molar-refractivity contribution in [2.45, 2.75) is 39.7 Å². The number of carbonyl (C=O) groups is 3. The number of pyridine rings is 1. The summed E-state index contributed by atoms with van der Waals surface area (Å²) in [6.45, 7) is 9.36. The molecule has 1 aliphatic heterocycles. The fourth-order valence-corrected chi connectivity index (χ4v) is 4.07. The Bertz CT molecular complexity index is 1140. The number of halogens is 1. The predicted molar refractivity (Wildman–Crippen MR) is 129 cm³/mol. The highest BCUT2D eigenvalue weighted by molar-refractivity contribution is 6.31. The second kappa shape index (κ2) is 10.1. The molecule has 2 atom stereocenters. The van der Waals surface area contributed by atoms with Crippen LogP contribution in [0.2, 0.25) is 0 Å². The molecule has 0 fully saturated rings. The summed E-state index contributed by atoms with van der Waals surface area (Å²) >= 11 is 5.80. The Labute approximate surface area is 198 Å². The molecule has 1 amide bonds. The van der Waals surface area contributed by atoms with Gasteiger partial charge < -0.3 is 5.11 Å². The largest absolute Gasteiger partial charge is 0.481 e. The van der Waals surface area contributed by atoms with Crippen molar-refractivity contribution in [3.63, 3.8) is 0 Å². The zero-order valence-electron chi connectivity index (χ0n) is 18.9. The van der Waals surface area contributed by atoms with E-state index in [9.17, 15) is 19.5 Å². The molecule has 6 nitrogen and oxygen atoms in total. The lowest BCUT2D eigenvalue weighted by Crippen LogP contribution is -2.40. The number of hydrogen-bond acceptors (Lipinski definition) is 4. The number of carboxylic acid groups (broad SMARTS) is 1. The van der Waals surface area contributed by atoms with Gasteiger partial charge in [0.25, 0.3) is 5.91 Å². The van der Waals surface area contributed by atoms with Gasteiger partial charge in [-0.3, -0.25) is 19.3 Å². The van der Waals surface area contributed by atoms with Crippen LogP contribution in [0, 0.1) is 18.8 Å². The number of carboxylic acids is 1. The van der Waals surface area contributed by atoms with Crippen molar-refractivity contribution in [3.05, 3.63) is 76.5 Å². The maximum atomic E-state index is 13.4. The third kappa shape index (κ3) is 5.22. The number of aryl methyl sites for hydroxylation is 1. The molecule has 33 heavy (non-hydrogen) atoms. The lowest BCUT2D eigenvalue weighted by Gasteiger charge is -2.29. The summed E-state index contributed by atoms with van der Waals surface area (Å²) in [7, 11) is 0. The summed E-state index contributed by atoms with van der Waals surface area (Å²) in [5.74, 6) is -2.86. The normalized spacial score (nSPS) is 16.3. The number of fused-ring (bicyclic) bond motifs is 1. The van der Waals surface area contributed by atoms with Gasteiger partial charge in [0.15, 0.2) is 0 Å². The van der Waals surface area contributed by atoms with Gasteiger partial charge in [-0.15, -0.1) is 0 Å². The molecule has 2 unspecified atom stereocenters. The van der Waals surface area contributed by atoms with Gasteiger partial charge in [-0.2, -0.15) is 0 Å². The first kappa shape index (κ1) is 24.4. The van der Waals surface area contributed by atoms with E-state index in [-0.39, 0.29) is 18.2 Å². The maximum Gasteiger partial charge on any atom is 0.316 e. The quantitative estimate of drug-likeness (QED) is 0.386. The van der Waals surface area contributed by atoms with Crippen LogP contribution >= 0.6 is 11.6 Å². The first-order valence-electron chi connectivity index (χ1n) is 10.8. The molecule has 3 rings (SSSR count). The zero-order valence-corrected chi connectivity index (χ0v) is 19.7. The summed E-state index contributed by atoms with van der Waals surface area (Å²) in [5, 5.41) is 10.4. The number of aliphatic carboxylic acids is 1. The monoisotopic (exact) mass is 466 g/mol. The molecule has 0 saturated carbocycles. The van der Waals surface area contributed by atoms with Crippen molar-refractivity contribution >= 4 is 41.2 Å². The second-order valence-corrected chi connectivity index (χ2v) is 9.03. The van der Waals surface area contributed by atoms with Crippen molar-refractivity contribution in [2.24, 2.45) is 11.8 Å². The highest BCUT2D eigenvalue weighted by Gasteiger charge is 2.48. The van der Waals surface area contributed by atoms with Crippen LogP contribution in [0.4, 0.5) is 5.82 Å². The number of ketones is 1. The van der Waals surface area contributed by atoms with Crippen LogP contribution in [0.5, 0.6) is 0 Å². The molecule has 2 aromatic rings. The molecule has 7 heteroatoms. The van der Waals surface area contributed by atoms with Crippen LogP contribution in [0.15, 0.2) is 54.1 Å². The number of aromatic nitrogens is 1. The van der Waals surface area contributed by atoms with Gasteiger partial charge in [-0.1, -0.05) is 56.3 Å². The molecule has 1 aromatic heterocycles. The summed E-state index contributed by atoms with van der Waals surface area (Å²) in [6.07, 6.45) is 4.11. The van der Waals surface area contributed by atoms with Crippen molar-refractivity contribution in [2.75, 3.05) is 4.90 Å². The Morgan fingerprint density at radius 2 is 1.94 bits per heavy atom. The van der Waals surface area contributed by atoms with E-state index in [1.54, 1.807) is 55.5 Å². The minimum atomic E-state index is -1.39. The van der Waals surface area contributed by atoms with Crippen LogP contribution < -0.4 is 4.90 Å². The van der Waals surface area contributed by atoms with Gasteiger partial charge in [-0.25, -0.2) is 4.98 Å². The Kier molecular flexibility index (Phi) is 7.49. The van der Waals surface area contributed by atoms with E-state index < -0.39 is 23.7 Å². The van der Waals surface area contributed by atoms with E-state index in [1.807, 2.05) is 13.8 Å². The first-order chi connectivity index (χ1) is 15.6. The summed E-state index contributed by atoms with van der Waals surface area (Å²) in [4.78, 5) is 44.7. The molecular weight excluding hydrogens is 440 g/mol.